The second-order valence-corrected chi connectivity index (χ2v) is 6.81. The molecule has 1 aliphatic carbocycles. The highest BCUT2D eigenvalue weighted by atomic mass is 35.5. The molecule has 1 heterocycles. The van der Waals surface area contributed by atoms with Crippen LogP contribution in [-0.4, -0.2) is 16.9 Å². The van der Waals surface area contributed by atoms with E-state index in [-0.39, 0.29) is 23.9 Å². The number of amides is 1. The summed E-state index contributed by atoms with van der Waals surface area (Å²) >= 11 is 6.12. The van der Waals surface area contributed by atoms with Gasteiger partial charge in [0.15, 0.2) is 0 Å². The first kappa shape index (κ1) is 16.9. The Labute approximate surface area is 147 Å². The van der Waals surface area contributed by atoms with Gasteiger partial charge in [0.2, 0.25) is 5.91 Å². The van der Waals surface area contributed by atoms with Crippen molar-refractivity contribution in [3.8, 4) is 0 Å². The van der Waals surface area contributed by atoms with E-state index in [1.54, 1.807) is 6.20 Å². The molecule has 3 N–H and O–H groups in total. The number of aromatic nitrogens is 1. The maximum atomic E-state index is 12.6. The van der Waals surface area contributed by atoms with E-state index < -0.39 is 0 Å². The molecule has 3 atom stereocenters. The van der Waals surface area contributed by atoms with Crippen molar-refractivity contribution in [2.75, 3.05) is 0 Å². The third-order valence-electron chi connectivity index (χ3n) is 4.64. The monoisotopic (exact) mass is 343 g/mol. The number of hydrogen-bond acceptors (Lipinski definition) is 3. The van der Waals surface area contributed by atoms with E-state index >= 15 is 0 Å². The van der Waals surface area contributed by atoms with E-state index in [2.05, 4.69) is 10.3 Å². The first-order valence-electron chi connectivity index (χ1n) is 8.35. The van der Waals surface area contributed by atoms with Gasteiger partial charge in [0, 0.05) is 23.7 Å². The number of pyridine rings is 1. The smallest absolute Gasteiger partial charge is 0.221 e. The highest BCUT2D eigenvalue weighted by Gasteiger charge is 2.27. The van der Waals surface area contributed by atoms with Gasteiger partial charge >= 0.3 is 0 Å². The van der Waals surface area contributed by atoms with E-state index in [0.717, 1.165) is 30.5 Å². The maximum Gasteiger partial charge on any atom is 0.221 e. The molecule has 4 nitrogen and oxygen atoms in total. The van der Waals surface area contributed by atoms with Crippen LogP contribution < -0.4 is 11.1 Å². The van der Waals surface area contributed by atoms with Crippen LogP contribution in [0.3, 0.4) is 0 Å². The van der Waals surface area contributed by atoms with Crippen molar-refractivity contribution in [1.82, 2.24) is 10.3 Å². The number of hydrogen-bond donors (Lipinski definition) is 2. The Kier molecular flexibility index (Phi) is 5.48. The van der Waals surface area contributed by atoms with Crippen LogP contribution in [0, 0.1) is 5.92 Å². The standard InChI is InChI=1S/C19H22ClN3O/c20-15-7-3-6-14(11-15)19(17-9-1-2-10-22-17)23-18(24)12-13-5-4-8-16(13)21/h1-3,6-7,9-11,13,16,19H,4-5,8,12,21H2,(H,23,24)/t13-,16+,19?/m0/s1. The van der Waals surface area contributed by atoms with E-state index in [1.807, 2.05) is 42.5 Å². The van der Waals surface area contributed by atoms with Gasteiger partial charge in [-0.1, -0.05) is 36.2 Å². The molecule has 3 rings (SSSR count). The fourth-order valence-electron chi connectivity index (χ4n) is 3.34. The predicted octanol–water partition coefficient (Wildman–Crippen LogP) is 3.46. The normalized spacial score (nSPS) is 21.4. The minimum Gasteiger partial charge on any atom is -0.344 e. The molecule has 0 radical (unpaired) electrons. The number of benzene rings is 1. The van der Waals surface area contributed by atoms with Crippen LogP contribution in [-0.2, 0) is 4.79 Å². The predicted molar refractivity (Wildman–Crippen MR) is 95.6 cm³/mol. The highest BCUT2D eigenvalue weighted by Crippen LogP contribution is 2.28. The summed E-state index contributed by atoms with van der Waals surface area (Å²) in [6, 6.07) is 13.0. The lowest BCUT2D eigenvalue weighted by molar-refractivity contribution is -0.122. The summed E-state index contributed by atoms with van der Waals surface area (Å²) in [5, 5.41) is 3.75. The third-order valence-corrected chi connectivity index (χ3v) is 4.87. The molecule has 0 saturated heterocycles. The van der Waals surface area contributed by atoms with Crippen LogP contribution in [0.4, 0.5) is 0 Å². The summed E-state index contributed by atoms with van der Waals surface area (Å²) in [6.45, 7) is 0. The summed E-state index contributed by atoms with van der Waals surface area (Å²) in [7, 11) is 0. The zero-order valence-corrected chi connectivity index (χ0v) is 14.2. The van der Waals surface area contributed by atoms with Gasteiger partial charge in [-0.15, -0.1) is 0 Å². The quantitative estimate of drug-likeness (QED) is 0.873. The summed E-state index contributed by atoms with van der Waals surface area (Å²) in [6.07, 6.45) is 5.34. The number of carbonyl (C=O) groups excluding carboxylic acids is 1. The average molecular weight is 344 g/mol. The Morgan fingerprint density at radius 1 is 1.29 bits per heavy atom. The molecule has 1 fully saturated rings. The Bertz CT molecular complexity index is 692. The molecule has 1 saturated carbocycles. The lowest BCUT2D eigenvalue weighted by Crippen LogP contribution is -2.34. The molecule has 1 amide bonds. The van der Waals surface area contributed by atoms with E-state index in [9.17, 15) is 4.79 Å². The summed E-state index contributed by atoms with van der Waals surface area (Å²) < 4.78 is 0. The Hall–Kier alpha value is -1.91. The SMILES string of the molecule is N[C@@H]1CCC[C@H]1CC(=O)NC(c1cccc(Cl)c1)c1ccccn1. The second-order valence-electron chi connectivity index (χ2n) is 6.37. The number of halogens is 1. The second kappa shape index (κ2) is 7.77. The Morgan fingerprint density at radius 2 is 2.17 bits per heavy atom. The Balaban J connectivity index is 1.79. The van der Waals surface area contributed by atoms with Gasteiger partial charge in [-0.2, -0.15) is 0 Å². The van der Waals surface area contributed by atoms with Crippen molar-refractivity contribution < 1.29 is 4.79 Å². The van der Waals surface area contributed by atoms with Crippen molar-refractivity contribution >= 4 is 17.5 Å². The van der Waals surface area contributed by atoms with Crippen LogP contribution in [0.25, 0.3) is 0 Å². The number of nitrogens with two attached hydrogens (primary N) is 1. The van der Waals surface area contributed by atoms with Crippen molar-refractivity contribution in [2.45, 2.75) is 37.8 Å². The minimum atomic E-state index is -0.310. The zero-order valence-electron chi connectivity index (χ0n) is 13.5. The zero-order chi connectivity index (χ0) is 16.9. The first-order valence-corrected chi connectivity index (χ1v) is 8.72. The maximum absolute atomic E-state index is 12.6. The third kappa shape index (κ3) is 4.13. The van der Waals surface area contributed by atoms with Crippen LogP contribution in [0.5, 0.6) is 0 Å². The van der Waals surface area contributed by atoms with Crippen LogP contribution in [0.2, 0.25) is 5.02 Å². The molecule has 0 bridgehead atoms. The molecule has 1 aromatic heterocycles. The van der Waals surface area contributed by atoms with Gasteiger partial charge in [-0.3, -0.25) is 9.78 Å². The molecule has 0 aliphatic heterocycles. The summed E-state index contributed by atoms with van der Waals surface area (Å²) in [5.74, 6) is 0.279. The summed E-state index contributed by atoms with van der Waals surface area (Å²) in [5.41, 5.74) is 7.81. The molecule has 0 spiro atoms. The van der Waals surface area contributed by atoms with Crippen molar-refractivity contribution in [3.63, 3.8) is 0 Å². The van der Waals surface area contributed by atoms with Crippen LogP contribution in [0.1, 0.15) is 43.0 Å². The van der Waals surface area contributed by atoms with E-state index in [0.29, 0.717) is 11.4 Å². The molecule has 126 valence electrons. The fraction of sp³-hybridized carbons (Fsp3) is 0.368. The number of rotatable bonds is 5. The largest absolute Gasteiger partial charge is 0.344 e. The molecule has 24 heavy (non-hydrogen) atoms. The van der Waals surface area contributed by atoms with Gasteiger partial charge in [-0.05, 0) is 48.6 Å². The molecule has 1 aromatic carbocycles. The average Bonchev–Trinajstić information content (AvgIpc) is 2.98. The van der Waals surface area contributed by atoms with Gasteiger partial charge in [-0.25, -0.2) is 0 Å². The lowest BCUT2D eigenvalue weighted by atomic mass is 9.98. The molecule has 2 aromatic rings. The molecule has 5 heteroatoms. The minimum absolute atomic E-state index is 0.00739. The van der Waals surface area contributed by atoms with Gasteiger partial charge < -0.3 is 11.1 Å². The first-order chi connectivity index (χ1) is 11.6. The topological polar surface area (TPSA) is 68.0 Å². The van der Waals surface area contributed by atoms with E-state index in [4.69, 9.17) is 17.3 Å². The lowest BCUT2D eigenvalue weighted by Gasteiger charge is -2.21. The van der Waals surface area contributed by atoms with Gasteiger partial charge in [0.25, 0.3) is 0 Å². The molecular weight excluding hydrogens is 322 g/mol. The van der Waals surface area contributed by atoms with Crippen LogP contribution in [0.15, 0.2) is 48.7 Å². The summed E-state index contributed by atoms with van der Waals surface area (Å²) in [4.78, 5) is 17.0. The van der Waals surface area contributed by atoms with Crippen molar-refractivity contribution in [2.24, 2.45) is 11.7 Å². The fourth-order valence-corrected chi connectivity index (χ4v) is 3.54. The molecular formula is C19H22ClN3O. The van der Waals surface area contributed by atoms with Crippen molar-refractivity contribution in [3.05, 3.63) is 64.9 Å². The van der Waals surface area contributed by atoms with Crippen LogP contribution >= 0.6 is 11.6 Å². The number of carbonyl (C=O) groups is 1. The van der Waals surface area contributed by atoms with Crippen molar-refractivity contribution in [1.29, 1.82) is 0 Å². The Morgan fingerprint density at radius 3 is 2.83 bits per heavy atom. The van der Waals surface area contributed by atoms with Gasteiger partial charge in [0.05, 0.1) is 11.7 Å². The molecule has 1 aliphatic rings. The molecule has 1 unspecified atom stereocenters. The number of nitrogens with zero attached hydrogens (tertiary/aromatic N) is 1. The van der Waals surface area contributed by atoms with Gasteiger partial charge in [0.1, 0.15) is 0 Å². The number of nitrogens with one attached hydrogen (secondary N) is 1. The van der Waals surface area contributed by atoms with E-state index in [1.165, 1.54) is 0 Å². The highest BCUT2D eigenvalue weighted by molar-refractivity contribution is 6.30.